The zero-order valence-electron chi connectivity index (χ0n) is 18.7. The lowest BCUT2D eigenvalue weighted by Gasteiger charge is -2.29. The van der Waals surface area contributed by atoms with E-state index in [9.17, 15) is 4.79 Å². The Labute approximate surface area is 217 Å². The van der Waals surface area contributed by atoms with E-state index in [1.807, 2.05) is 42.5 Å². The average molecular weight is 530 g/mol. The number of fused-ring (bicyclic) bond motifs is 1. The van der Waals surface area contributed by atoms with Crippen LogP contribution >= 0.6 is 34.8 Å². The Balaban J connectivity index is 1.51. The van der Waals surface area contributed by atoms with E-state index in [0.29, 0.717) is 22.5 Å². The zero-order valence-corrected chi connectivity index (χ0v) is 20.9. The van der Waals surface area contributed by atoms with Crippen molar-refractivity contribution in [2.75, 3.05) is 36.4 Å². The van der Waals surface area contributed by atoms with Gasteiger partial charge >= 0.3 is 0 Å². The van der Waals surface area contributed by atoms with E-state index in [0.717, 1.165) is 31.9 Å². The highest BCUT2D eigenvalue weighted by Gasteiger charge is 2.37. The van der Waals surface area contributed by atoms with Crippen LogP contribution in [0.15, 0.2) is 77.7 Å². The fraction of sp³-hybridized carbons (Fsp3) is 0.240. The van der Waals surface area contributed by atoms with E-state index in [1.54, 1.807) is 12.3 Å². The van der Waals surface area contributed by atoms with Crippen LogP contribution in [-0.4, -0.2) is 44.5 Å². The van der Waals surface area contributed by atoms with Crippen molar-refractivity contribution in [3.8, 4) is 0 Å². The summed E-state index contributed by atoms with van der Waals surface area (Å²) in [6.07, 6.45) is 1.65. The molecule has 0 radical (unpaired) electrons. The molecule has 1 fully saturated rings. The van der Waals surface area contributed by atoms with Crippen LogP contribution in [0.3, 0.4) is 0 Å². The molecule has 4 aromatic rings. The van der Waals surface area contributed by atoms with Crippen LogP contribution in [0.25, 0.3) is 11.0 Å². The van der Waals surface area contributed by atoms with Gasteiger partial charge in [0.15, 0.2) is 0 Å². The molecular formula is C25H23Cl3N6O. The second kappa shape index (κ2) is 10.0. The van der Waals surface area contributed by atoms with Gasteiger partial charge in [0.25, 0.3) is 5.56 Å². The summed E-state index contributed by atoms with van der Waals surface area (Å²) in [6, 6.07) is 19.5. The third-order valence-corrected chi connectivity index (χ3v) is 6.58. The van der Waals surface area contributed by atoms with Crippen LogP contribution in [-0.2, 0) is 0 Å². The molecule has 2 aromatic carbocycles. The number of benzene rings is 2. The molecule has 7 nitrogen and oxygen atoms in total. The molecule has 1 aliphatic rings. The number of aromatic nitrogens is 3. The maximum atomic E-state index is 13.0. The monoisotopic (exact) mass is 528 g/mol. The van der Waals surface area contributed by atoms with E-state index < -0.39 is 9.83 Å². The van der Waals surface area contributed by atoms with Crippen molar-refractivity contribution in [1.29, 1.82) is 0 Å². The van der Waals surface area contributed by atoms with Gasteiger partial charge in [0.05, 0.1) is 0 Å². The Morgan fingerprint density at radius 3 is 2.34 bits per heavy atom. The first-order valence-corrected chi connectivity index (χ1v) is 12.4. The van der Waals surface area contributed by atoms with Crippen molar-refractivity contribution in [2.24, 2.45) is 0 Å². The van der Waals surface area contributed by atoms with Crippen molar-refractivity contribution in [2.45, 2.75) is 9.83 Å². The van der Waals surface area contributed by atoms with Gasteiger partial charge in [0.1, 0.15) is 11.7 Å². The van der Waals surface area contributed by atoms with Crippen LogP contribution in [0.4, 0.5) is 17.3 Å². The standard InChI is InChI=1S/C25H23Cl3N6O/c26-25(27,28)22(17-4-2-1-3-5-17)34-21(35)11-6-18-16-30-24(32-23(18)34)31-19-7-9-20(10-8-19)33-14-12-29-13-15-33/h1-11,16,22,29H,12-15H2,(H,30,31,32). The lowest BCUT2D eigenvalue weighted by atomic mass is 10.1. The molecule has 5 rings (SSSR count). The van der Waals surface area contributed by atoms with Gasteiger partial charge in [-0.05, 0) is 35.9 Å². The highest BCUT2D eigenvalue weighted by atomic mass is 35.6. The highest BCUT2D eigenvalue weighted by molar-refractivity contribution is 6.68. The molecule has 35 heavy (non-hydrogen) atoms. The number of pyridine rings is 1. The van der Waals surface area contributed by atoms with Crippen molar-refractivity contribution in [3.05, 3.63) is 88.8 Å². The lowest BCUT2D eigenvalue weighted by Crippen LogP contribution is -2.43. The van der Waals surface area contributed by atoms with Crippen LogP contribution in [0.1, 0.15) is 11.6 Å². The van der Waals surface area contributed by atoms with Gasteiger partial charge < -0.3 is 15.5 Å². The summed E-state index contributed by atoms with van der Waals surface area (Å²) in [6.45, 7) is 3.91. The number of hydrogen-bond acceptors (Lipinski definition) is 6. The Kier molecular flexibility index (Phi) is 6.84. The van der Waals surface area contributed by atoms with Crippen molar-refractivity contribution < 1.29 is 0 Å². The number of rotatable bonds is 5. The number of halogens is 3. The zero-order chi connectivity index (χ0) is 24.4. The second-order valence-corrected chi connectivity index (χ2v) is 10.6. The highest BCUT2D eigenvalue weighted by Crippen LogP contribution is 2.42. The maximum Gasteiger partial charge on any atom is 0.252 e. The van der Waals surface area contributed by atoms with E-state index in [4.69, 9.17) is 34.8 Å². The van der Waals surface area contributed by atoms with Gasteiger partial charge in [0.2, 0.25) is 9.74 Å². The molecule has 3 heterocycles. The van der Waals surface area contributed by atoms with Gasteiger partial charge in [-0.3, -0.25) is 9.36 Å². The van der Waals surface area contributed by atoms with Gasteiger partial charge in [-0.1, -0.05) is 65.1 Å². The molecular weight excluding hydrogens is 507 g/mol. The third-order valence-electron chi connectivity index (χ3n) is 5.96. The molecule has 2 N–H and O–H groups in total. The molecule has 1 atom stereocenters. The van der Waals surface area contributed by atoms with E-state index >= 15 is 0 Å². The minimum absolute atomic E-state index is 0.331. The van der Waals surface area contributed by atoms with E-state index in [2.05, 4.69) is 37.6 Å². The van der Waals surface area contributed by atoms with Gasteiger partial charge in [-0.2, -0.15) is 4.98 Å². The largest absolute Gasteiger partial charge is 0.369 e. The quantitative estimate of drug-likeness (QED) is 0.358. The number of nitrogens with zero attached hydrogens (tertiary/aromatic N) is 4. The predicted molar refractivity (Wildman–Crippen MR) is 143 cm³/mol. The molecule has 180 valence electrons. The van der Waals surface area contributed by atoms with Crippen molar-refractivity contribution >= 4 is 63.2 Å². The summed E-state index contributed by atoms with van der Waals surface area (Å²) >= 11 is 19.2. The first kappa shape index (κ1) is 23.9. The van der Waals surface area contributed by atoms with E-state index in [1.165, 1.54) is 16.3 Å². The Hall–Kier alpha value is -2.84. The first-order chi connectivity index (χ1) is 16.9. The molecule has 1 unspecified atom stereocenters. The second-order valence-electron chi connectivity index (χ2n) is 8.28. The molecule has 0 saturated carbocycles. The lowest BCUT2D eigenvalue weighted by molar-refractivity contribution is 0.589. The smallest absolute Gasteiger partial charge is 0.252 e. The average Bonchev–Trinajstić information content (AvgIpc) is 2.86. The van der Waals surface area contributed by atoms with Crippen molar-refractivity contribution in [1.82, 2.24) is 19.9 Å². The summed E-state index contributed by atoms with van der Waals surface area (Å²) in [5, 5.41) is 7.23. The number of anilines is 3. The molecule has 10 heteroatoms. The molecule has 1 aliphatic heterocycles. The molecule has 0 aliphatic carbocycles. The summed E-state index contributed by atoms with van der Waals surface area (Å²) in [4.78, 5) is 24.5. The summed E-state index contributed by atoms with van der Waals surface area (Å²) in [5.74, 6) is 0.336. The Morgan fingerprint density at radius 2 is 1.66 bits per heavy atom. The molecule has 2 aromatic heterocycles. The summed E-state index contributed by atoms with van der Waals surface area (Å²) in [7, 11) is 0. The fourth-order valence-corrected chi connectivity index (χ4v) is 4.95. The Morgan fingerprint density at radius 1 is 0.943 bits per heavy atom. The SMILES string of the molecule is O=c1ccc2cnc(Nc3ccc(N4CCNCC4)cc3)nc2n1C(c1ccccc1)C(Cl)(Cl)Cl. The van der Waals surface area contributed by atoms with Gasteiger partial charge in [-0.15, -0.1) is 0 Å². The number of piperazine rings is 1. The third kappa shape index (κ3) is 5.23. The van der Waals surface area contributed by atoms with E-state index in [-0.39, 0.29) is 5.56 Å². The van der Waals surface area contributed by atoms with Crippen LogP contribution in [0, 0.1) is 0 Å². The topological polar surface area (TPSA) is 75.1 Å². The first-order valence-electron chi connectivity index (χ1n) is 11.2. The minimum Gasteiger partial charge on any atom is -0.369 e. The van der Waals surface area contributed by atoms with Gasteiger partial charge in [0, 0.05) is 55.2 Å². The van der Waals surface area contributed by atoms with Crippen LogP contribution in [0.5, 0.6) is 0 Å². The molecule has 0 amide bonds. The molecule has 0 spiro atoms. The Bertz CT molecular complexity index is 1370. The fourth-order valence-electron chi connectivity index (χ4n) is 4.28. The normalized spacial score (nSPS) is 15.2. The molecule has 0 bridgehead atoms. The summed E-state index contributed by atoms with van der Waals surface area (Å²) in [5.41, 5.74) is 2.71. The number of hydrogen-bond donors (Lipinski definition) is 2. The van der Waals surface area contributed by atoms with Crippen LogP contribution in [0.2, 0.25) is 0 Å². The maximum absolute atomic E-state index is 13.0. The number of alkyl halides is 3. The predicted octanol–water partition coefficient (Wildman–Crippen LogP) is 4.90. The molecule has 1 saturated heterocycles. The minimum atomic E-state index is -1.79. The number of nitrogens with one attached hydrogen (secondary N) is 2. The van der Waals surface area contributed by atoms with Gasteiger partial charge in [-0.25, -0.2) is 4.98 Å². The van der Waals surface area contributed by atoms with Crippen LogP contribution < -0.4 is 21.1 Å². The van der Waals surface area contributed by atoms with Crippen molar-refractivity contribution in [3.63, 3.8) is 0 Å². The summed E-state index contributed by atoms with van der Waals surface area (Å²) < 4.78 is -0.379.